The number of hydrogen-bond donors (Lipinski definition) is 1. The van der Waals surface area contributed by atoms with Crippen LogP contribution in [0.5, 0.6) is 0 Å². The van der Waals surface area contributed by atoms with Gasteiger partial charge in [0, 0.05) is 31.5 Å². The van der Waals surface area contributed by atoms with E-state index in [9.17, 15) is 4.79 Å². The third-order valence-corrected chi connectivity index (χ3v) is 4.66. The summed E-state index contributed by atoms with van der Waals surface area (Å²) in [6.07, 6.45) is 3.39. The number of carbonyl (C=O) groups is 1. The van der Waals surface area contributed by atoms with Gasteiger partial charge in [-0.25, -0.2) is 4.99 Å². The molecule has 0 saturated carbocycles. The first kappa shape index (κ1) is 13.3. The van der Waals surface area contributed by atoms with Gasteiger partial charge in [0.15, 0.2) is 5.66 Å². The SMILES string of the molecule is NC1=NC(N2CCCC2)=NC2(c3ccccc3)CCC(=O)N12. The smallest absolute Gasteiger partial charge is 0.231 e. The highest BCUT2D eigenvalue weighted by Crippen LogP contribution is 2.42. The molecule has 1 unspecified atom stereocenters. The Bertz CT molecular complexity index is 662. The summed E-state index contributed by atoms with van der Waals surface area (Å²) in [5, 5.41) is 0. The van der Waals surface area contributed by atoms with E-state index in [-0.39, 0.29) is 11.9 Å². The van der Waals surface area contributed by atoms with Crippen LogP contribution in [-0.4, -0.2) is 40.7 Å². The predicted molar refractivity (Wildman–Crippen MR) is 84.1 cm³/mol. The van der Waals surface area contributed by atoms with Crippen LogP contribution in [0.1, 0.15) is 31.2 Å². The molecular formula is C16H19N5O. The van der Waals surface area contributed by atoms with Gasteiger partial charge >= 0.3 is 0 Å². The van der Waals surface area contributed by atoms with Gasteiger partial charge in [-0.2, -0.15) is 4.99 Å². The summed E-state index contributed by atoms with van der Waals surface area (Å²) in [6, 6.07) is 9.92. The Morgan fingerprint density at radius 1 is 1.14 bits per heavy atom. The summed E-state index contributed by atoms with van der Waals surface area (Å²) in [5.74, 6) is 0.933. The highest BCUT2D eigenvalue weighted by atomic mass is 16.2. The molecule has 1 aromatic carbocycles. The van der Waals surface area contributed by atoms with Gasteiger partial charge in [-0.1, -0.05) is 30.3 Å². The van der Waals surface area contributed by atoms with Crippen LogP contribution in [0.4, 0.5) is 0 Å². The molecule has 2 saturated heterocycles. The van der Waals surface area contributed by atoms with Crippen LogP contribution in [-0.2, 0) is 10.5 Å². The van der Waals surface area contributed by atoms with Crippen molar-refractivity contribution in [3.63, 3.8) is 0 Å². The zero-order chi connectivity index (χ0) is 15.2. The van der Waals surface area contributed by atoms with Gasteiger partial charge in [-0.05, 0) is 12.8 Å². The van der Waals surface area contributed by atoms with Gasteiger partial charge < -0.3 is 10.6 Å². The standard InChI is InChI=1S/C16H19N5O/c17-14-18-15(20-10-4-5-11-20)19-16(9-8-13(22)21(14)16)12-6-2-1-3-7-12/h1-3,6-7H,4-5,8-11H2,(H2,17,18,19). The second-order valence-corrected chi connectivity index (χ2v) is 5.99. The molecule has 0 bridgehead atoms. The van der Waals surface area contributed by atoms with Gasteiger partial charge in [0.05, 0.1) is 0 Å². The normalized spacial score (nSPS) is 27.7. The molecule has 0 aliphatic carbocycles. The molecule has 3 heterocycles. The third-order valence-electron chi connectivity index (χ3n) is 4.66. The minimum absolute atomic E-state index is 0.00525. The van der Waals surface area contributed by atoms with E-state index in [4.69, 9.17) is 10.7 Å². The van der Waals surface area contributed by atoms with E-state index in [1.807, 2.05) is 30.3 Å². The van der Waals surface area contributed by atoms with Crippen LogP contribution in [0.2, 0.25) is 0 Å². The summed E-state index contributed by atoms with van der Waals surface area (Å²) < 4.78 is 0. The average Bonchev–Trinajstić information content (AvgIpc) is 3.17. The van der Waals surface area contributed by atoms with Crippen LogP contribution >= 0.6 is 0 Å². The van der Waals surface area contributed by atoms with Gasteiger partial charge in [0.1, 0.15) is 0 Å². The van der Waals surface area contributed by atoms with Crippen molar-refractivity contribution in [2.45, 2.75) is 31.3 Å². The molecule has 1 aromatic rings. The van der Waals surface area contributed by atoms with Crippen molar-refractivity contribution >= 4 is 17.8 Å². The summed E-state index contributed by atoms with van der Waals surface area (Å²) in [4.78, 5) is 25.4. The van der Waals surface area contributed by atoms with E-state index in [1.165, 1.54) is 0 Å². The lowest BCUT2D eigenvalue weighted by Gasteiger charge is -2.38. The van der Waals surface area contributed by atoms with Crippen molar-refractivity contribution in [3.05, 3.63) is 35.9 Å². The fraction of sp³-hybridized carbons (Fsp3) is 0.438. The van der Waals surface area contributed by atoms with Gasteiger partial charge in [-0.3, -0.25) is 9.69 Å². The molecule has 1 amide bonds. The zero-order valence-corrected chi connectivity index (χ0v) is 12.4. The van der Waals surface area contributed by atoms with Crippen LogP contribution in [0.3, 0.4) is 0 Å². The molecular weight excluding hydrogens is 278 g/mol. The van der Waals surface area contributed by atoms with Gasteiger partial charge in [0.25, 0.3) is 0 Å². The lowest BCUT2D eigenvalue weighted by atomic mass is 9.97. The quantitative estimate of drug-likeness (QED) is 0.847. The number of hydrogen-bond acceptors (Lipinski definition) is 5. The van der Waals surface area contributed by atoms with Gasteiger partial charge in [0.2, 0.25) is 17.8 Å². The zero-order valence-electron chi connectivity index (χ0n) is 12.4. The summed E-state index contributed by atoms with van der Waals surface area (Å²) in [5.41, 5.74) is 6.41. The highest BCUT2D eigenvalue weighted by Gasteiger charge is 2.51. The largest absolute Gasteiger partial charge is 0.369 e. The molecule has 0 aromatic heterocycles. The monoisotopic (exact) mass is 297 g/mol. The Kier molecular flexibility index (Phi) is 2.92. The maximum Gasteiger partial charge on any atom is 0.231 e. The van der Waals surface area contributed by atoms with E-state index >= 15 is 0 Å². The molecule has 114 valence electrons. The Morgan fingerprint density at radius 3 is 2.59 bits per heavy atom. The minimum Gasteiger partial charge on any atom is -0.369 e. The number of amides is 1. The average molecular weight is 297 g/mol. The fourth-order valence-corrected chi connectivity index (χ4v) is 3.58. The highest BCUT2D eigenvalue weighted by molar-refractivity contribution is 6.06. The number of guanidine groups is 2. The van der Waals surface area contributed by atoms with Crippen molar-refractivity contribution < 1.29 is 4.79 Å². The molecule has 6 nitrogen and oxygen atoms in total. The van der Waals surface area contributed by atoms with Crippen molar-refractivity contribution in [2.75, 3.05) is 13.1 Å². The number of carbonyl (C=O) groups excluding carboxylic acids is 1. The Labute approximate surface area is 129 Å². The van der Waals surface area contributed by atoms with E-state index in [2.05, 4.69) is 9.89 Å². The van der Waals surface area contributed by atoms with E-state index in [1.54, 1.807) is 4.90 Å². The lowest BCUT2D eigenvalue weighted by Crippen LogP contribution is -2.53. The second-order valence-electron chi connectivity index (χ2n) is 5.99. The van der Waals surface area contributed by atoms with Crippen molar-refractivity contribution in [2.24, 2.45) is 15.7 Å². The summed E-state index contributed by atoms with van der Waals surface area (Å²) in [7, 11) is 0. The summed E-state index contributed by atoms with van der Waals surface area (Å²) in [6.45, 7) is 1.91. The van der Waals surface area contributed by atoms with Crippen LogP contribution in [0.15, 0.2) is 40.3 Å². The minimum atomic E-state index is -0.720. The molecule has 0 radical (unpaired) electrons. The van der Waals surface area contributed by atoms with Crippen LogP contribution < -0.4 is 5.73 Å². The number of rotatable bonds is 1. The molecule has 1 atom stereocenters. The number of fused-ring (bicyclic) bond motifs is 1. The van der Waals surface area contributed by atoms with E-state index in [0.29, 0.717) is 18.8 Å². The molecule has 6 heteroatoms. The second kappa shape index (κ2) is 4.83. The van der Waals surface area contributed by atoms with Crippen LogP contribution in [0.25, 0.3) is 0 Å². The molecule has 3 aliphatic rings. The molecule has 2 N–H and O–H groups in total. The number of nitrogens with two attached hydrogens (primary N) is 1. The first-order chi connectivity index (χ1) is 10.7. The lowest BCUT2D eigenvalue weighted by molar-refractivity contribution is -0.126. The summed E-state index contributed by atoms with van der Waals surface area (Å²) >= 11 is 0. The number of nitrogens with zero attached hydrogens (tertiary/aromatic N) is 4. The number of likely N-dealkylation sites (tertiary alicyclic amines) is 1. The Morgan fingerprint density at radius 2 is 1.86 bits per heavy atom. The predicted octanol–water partition coefficient (Wildman–Crippen LogP) is 1.24. The van der Waals surface area contributed by atoms with Gasteiger partial charge in [-0.15, -0.1) is 0 Å². The molecule has 2 fully saturated rings. The Hall–Kier alpha value is -2.37. The maximum absolute atomic E-state index is 12.3. The molecule has 4 rings (SSSR count). The van der Waals surface area contributed by atoms with Crippen molar-refractivity contribution in [3.8, 4) is 0 Å². The number of aliphatic imine (C=N–C) groups is 2. The van der Waals surface area contributed by atoms with E-state index in [0.717, 1.165) is 31.5 Å². The van der Waals surface area contributed by atoms with Crippen molar-refractivity contribution in [1.29, 1.82) is 0 Å². The molecule has 0 spiro atoms. The Balaban J connectivity index is 1.84. The maximum atomic E-state index is 12.3. The number of benzene rings is 1. The fourth-order valence-electron chi connectivity index (χ4n) is 3.58. The van der Waals surface area contributed by atoms with Crippen LogP contribution in [0, 0.1) is 0 Å². The molecule has 22 heavy (non-hydrogen) atoms. The molecule has 3 aliphatic heterocycles. The topological polar surface area (TPSA) is 74.3 Å². The first-order valence-electron chi connectivity index (χ1n) is 7.78. The first-order valence-corrected chi connectivity index (χ1v) is 7.78. The third kappa shape index (κ3) is 1.83. The van der Waals surface area contributed by atoms with Crippen molar-refractivity contribution in [1.82, 2.24) is 9.80 Å². The van der Waals surface area contributed by atoms with E-state index < -0.39 is 5.66 Å².